The van der Waals surface area contributed by atoms with Crippen LogP contribution in [0.2, 0.25) is 8.67 Å². The van der Waals surface area contributed by atoms with Crippen LogP contribution in [0.3, 0.4) is 0 Å². The van der Waals surface area contributed by atoms with E-state index in [9.17, 15) is 0 Å². The Labute approximate surface area is 117 Å². The lowest BCUT2D eigenvalue weighted by Gasteiger charge is -2.19. The SMILES string of the molecule is CCNC(c1cc(Cl)sc1Cl)C1C2CCCC21. The van der Waals surface area contributed by atoms with Crippen molar-refractivity contribution in [2.75, 3.05) is 6.54 Å². The summed E-state index contributed by atoms with van der Waals surface area (Å²) in [4.78, 5) is 0. The molecule has 1 N–H and O–H groups in total. The van der Waals surface area contributed by atoms with Crippen LogP contribution in [0.4, 0.5) is 0 Å². The third-order valence-corrected chi connectivity index (χ3v) is 5.82. The minimum Gasteiger partial charge on any atom is -0.310 e. The number of hydrogen-bond donors (Lipinski definition) is 1. The number of halogens is 2. The van der Waals surface area contributed by atoms with E-state index in [4.69, 9.17) is 23.2 Å². The summed E-state index contributed by atoms with van der Waals surface area (Å²) in [5.41, 5.74) is 1.22. The van der Waals surface area contributed by atoms with Crippen molar-refractivity contribution < 1.29 is 0 Å². The molecule has 0 saturated heterocycles. The molecule has 0 spiro atoms. The van der Waals surface area contributed by atoms with Crippen LogP contribution in [0.25, 0.3) is 0 Å². The smallest absolute Gasteiger partial charge is 0.0992 e. The summed E-state index contributed by atoms with van der Waals surface area (Å²) in [6.07, 6.45) is 4.24. The van der Waals surface area contributed by atoms with Gasteiger partial charge in [0.15, 0.2) is 0 Å². The highest BCUT2D eigenvalue weighted by Gasteiger charge is 2.56. The summed E-state index contributed by atoms with van der Waals surface area (Å²) >= 11 is 13.8. The predicted molar refractivity (Wildman–Crippen MR) is 75.1 cm³/mol. The van der Waals surface area contributed by atoms with Gasteiger partial charge in [0.05, 0.1) is 8.67 Å². The Morgan fingerprint density at radius 3 is 2.65 bits per heavy atom. The molecule has 0 aromatic carbocycles. The van der Waals surface area contributed by atoms with Crippen LogP contribution < -0.4 is 5.32 Å². The molecule has 0 radical (unpaired) electrons. The Kier molecular flexibility index (Phi) is 3.42. The zero-order chi connectivity index (χ0) is 12.0. The second-order valence-electron chi connectivity index (χ2n) is 5.15. The molecule has 0 amide bonds. The second kappa shape index (κ2) is 4.73. The number of fused-ring (bicyclic) bond motifs is 1. The molecule has 3 unspecified atom stereocenters. The number of hydrogen-bond acceptors (Lipinski definition) is 2. The molecule has 2 fully saturated rings. The van der Waals surface area contributed by atoms with E-state index in [0.717, 1.165) is 33.0 Å². The summed E-state index contributed by atoms with van der Waals surface area (Å²) in [7, 11) is 0. The van der Waals surface area contributed by atoms with E-state index in [1.807, 2.05) is 0 Å². The molecule has 4 heteroatoms. The molecular weight excluding hydrogens is 273 g/mol. The van der Waals surface area contributed by atoms with Gasteiger partial charge in [-0.2, -0.15) is 0 Å². The fraction of sp³-hybridized carbons (Fsp3) is 0.692. The first kappa shape index (κ1) is 12.3. The Morgan fingerprint density at radius 2 is 2.12 bits per heavy atom. The third-order valence-electron chi connectivity index (χ3n) is 4.30. The Bertz CT molecular complexity index is 408. The molecule has 3 atom stereocenters. The van der Waals surface area contributed by atoms with Crippen LogP contribution in [0.1, 0.15) is 37.8 Å². The highest BCUT2D eigenvalue weighted by molar-refractivity contribution is 7.20. The molecule has 1 aromatic heterocycles. The summed E-state index contributed by atoms with van der Waals surface area (Å²) in [6, 6.07) is 2.47. The zero-order valence-electron chi connectivity index (χ0n) is 9.88. The van der Waals surface area contributed by atoms with Gasteiger partial charge < -0.3 is 5.32 Å². The fourth-order valence-corrected chi connectivity index (χ4v) is 5.16. The first-order chi connectivity index (χ1) is 8.22. The largest absolute Gasteiger partial charge is 0.310 e. The van der Waals surface area contributed by atoms with Crippen molar-refractivity contribution in [3.05, 3.63) is 20.3 Å². The lowest BCUT2D eigenvalue weighted by Crippen LogP contribution is -2.24. The summed E-state index contributed by atoms with van der Waals surface area (Å²) in [6.45, 7) is 3.15. The quantitative estimate of drug-likeness (QED) is 0.843. The Hall–Kier alpha value is 0.240. The fourth-order valence-electron chi connectivity index (χ4n) is 3.61. The zero-order valence-corrected chi connectivity index (χ0v) is 12.2. The van der Waals surface area contributed by atoms with Crippen molar-refractivity contribution in [3.8, 4) is 0 Å². The van der Waals surface area contributed by atoms with Crippen molar-refractivity contribution in [2.45, 2.75) is 32.2 Å². The average molecular weight is 290 g/mol. The van der Waals surface area contributed by atoms with Crippen molar-refractivity contribution in [3.63, 3.8) is 0 Å². The molecule has 17 heavy (non-hydrogen) atoms. The molecule has 3 rings (SSSR count). The standard InChI is InChI=1S/C13H17Cl2NS/c1-2-16-12(9-6-10(14)17-13(9)15)11-7-4-3-5-8(7)11/h6-8,11-12,16H,2-5H2,1H3. The minimum atomic E-state index is 0.423. The van der Waals surface area contributed by atoms with Crippen molar-refractivity contribution in [1.29, 1.82) is 0 Å². The van der Waals surface area contributed by atoms with Gasteiger partial charge in [-0.3, -0.25) is 0 Å². The van der Waals surface area contributed by atoms with E-state index in [1.54, 1.807) is 0 Å². The first-order valence-electron chi connectivity index (χ1n) is 6.40. The van der Waals surface area contributed by atoms with Crippen molar-refractivity contribution >= 4 is 34.5 Å². The summed E-state index contributed by atoms with van der Waals surface area (Å²) < 4.78 is 1.67. The highest BCUT2D eigenvalue weighted by Crippen LogP contribution is 2.63. The van der Waals surface area contributed by atoms with E-state index in [2.05, 4.69) is 18.3 Å². The van der Waals surface area contributed by atoms with Gasteiger partial charge in [0.2, 0.25) is 0 Å². The lowest BCUT2D eigenvalue weighted by molar-refractivity contribution is 0.427. The average Bonchev–Trinajstić information content (AvgIpc) is 2.64. The minimum absolute atomic E-state index is 0.423. The number of thiophene rings is 1. The molecule has 0 aliphatic heterocycles. The van der Waals surface area contributed by atoms with Crippen LogP contribution in [0, 0.1) is 17.8 Å². The van der Waals surface area contributed by atoms with E-state index in [0.29, 0.717) is 6.04 Å². The van der Waals surface area contributed by atoms with Crippen LogP contribution >= 0.6 is 34.5 Å². The van der Waals surface area contributed by atoms with Gasteiger partial charge in [0.1, 0.15) is 0 Å². The van der Waals surface area contributed by atoms with Crippen LogP contribution in [-0.4, -0.2) is 6.54 Å². The Morgan fingerprint density at radius 1 is 1.41 bits per heavy atom. The summed E-state index contributed by atoms with van der Waals surface area (Å²) in [5, 5.41) is 3.61. The molecule has 2 aliphatic carbocycles. The molecule has 0 bridgehead atoms. The van der Waals surface area contributed by atoms with Gasteiger partial charge in [-0.05, 0) is 43.2 Å². The van der Waals surface area contributed by atoms with E-state index >= 15 is 0 Å². The van der Waals surface area contributed by atoms with Crippen LogP contribution in [0.5, 0.6) is 0 Å². The number of nitrogens with one attached hydrogen (secondary N) is 1. The van der Waals surface area contributed by atoms with Crippen LogP contribution in [0.15, 0.2) is 6.07 Å². The molecule has 2 aliphatic rings. The normalized spacial score (nSPS) is 32.5. The predicted octanol–water partition coefficient (Wildman–Crippen LogP) is 4.75. The molecule has 1 heterocycles. The van der Waals surface area contributed by atoms with E-state index in [1.165, 1.54) is 36.2 Å². The van der Waals surface area contributed by atoms with Gasteiger partial charge in [0.25, 0.3) is 0 Å². The van der Waals surface area contributed by atoms with Gasteiger partial charge in [-0.15, -0.1) is 11.3 Å². The topological polar surface area (TPSA) is 12.0 Å². The number of rotatable bonds is 4. The highest BCUT2D eigenvalue weighted by atomic mass is 35.5. The van der Waals surface area contributed by atoms with Gasteiger partial charge in [-0.25, -0.2) is 0 Å². The maximum absolute atomic E-state index is 6.30. The first-order valence-corrected chi connectivity index (χ1v) is 7.97. The van der Waals surface area contributed by atoms with Gasteiger partial charge >= 0.3 is 0 Å². The van der Waals surface area contributed by atoms with Gasteiger partial charge in [-0.1, -0.05) is 36.5 Å². The molecule has 1 nitrogen and oxygen atoms in total. The lowest BCUT2D eigenvalue weighted by atomic mass is 9.99. The van der Waals surface area contributed by atoms with Crippen LogP contribution in [-0.2, 0) is 0 Å². The molecular formula is C13H17Cl2NS. The molecule has 1 aromatic rings. The monoisotopic (exact) mass is 289 g/mol. The maximum Gasteiger partial charge on any atom is 0.0992 e. The van der Waals surface area contributed by atoms with Crippen molar-refractivity contribution in [1.82, 2.24) is 5.32 Å². The second-order valence-corrected chi connectivity index (χ2v) is 7.44. The van der Waals surface area contributed by atoms with Gasteiger partial charge in [0, 0.05) is 11.6 Å². The molecule has 94 valence electrons. The van der Waals surface area contributed by atoms with E-state index in [-0.39, 0.29) is 0 Å². The maximum atomic E-state index is 6.30. The Balaban J connectivity index is 1.83. The third kappa shape index (κ3) is 2.14. The van der Waals surface area contributed by atoms with E-state index < -0.39 is 0 Å². The summed E-state index contributed by atoms with van der Waals surface area (Å²) in [5.74, 6) is 2.68. The molecule has 2 saturated carbocycles. The van der Waals surface area contributed by atoms with Crippen molar-refractivity contribution in [2.24, 2.45) is 17.8 Å².